The summed E-state index contributed by atoms with van der Waals surface area (Å²) in [5.41, 5.74) is 6.48. The third-order valence-electron chi connectivity index (χ3n) is 2.66. The number of carbonyl (C=O) groups excluding carboxylic acids is 1. The zero-order valence-corrected chi connectivity index (χ0v) is 11.8. The second-order valence-electron chi connectivity index (χ2n) is 4.11. The molecule has 1 aromatic heterocycles. The summed E-state index contributed by atoms with van der Waals surface area (Å²) in [6.07, 6.45) is 2.21. The second-order valence-corrected chi connectivity index (χ2v) is 5.74. The van der Waals surface area contributed by atoms with Crippen LogP contribution in [0.2, 0.25) is 5.02 Å². The first-order chi connectivity index (χ1) is 9.15. The quantitative estimate of drug-likeness (QED) is 0.890. The van der Waals surface area contributed by atoms with Gasteiger partial charge in [0.1, 0.15) is 5.76 Å². The first-order valence-corrected chi connectivity index (χ1v) is 7.25. The maximum absolute atomic E-state index is 11.5. The summed E-state index contributed by atoms with van der Waals surface area (Å²) >= 11 is 7.32. The van der Waals surface area contributed by atoms with Crippen LogP contribution >= 0.6 is 23.4 Å². The van der Waals surface area contributed by atoms with Crippen LogP contribution in [0.5, 0.6) is 0 Å². The average Bonchev–Trinajstić information content (AvgIpc) is 2.89. The SMILES string of the molecule is NC(=O)[C@@H](Cc1ccc(Cl)cc1)SCc1ccco1. The number of hydrogen-bond acceptors (Lipinski definition) is 3. The van der Waals surface area contributed by atoms with Crippen LogP contribution in [0.3, 0.4) is 0 Å². The maximum Gasteiger partial charge on any atom is 0.230 e. The number of primary amides is 1. The third kappa shape index (κ3) is 4.33. The Bertz CT molecular complexity index is 525. The highest BCUT2D eigenvalue weighted by atomic mass is 35.5. The molecule has 0 aliphatic heterocycles. The Kier molecular flexibility index (Phi) is 4.93. The molecule has 0 saturated heterocycles. The third-order valence-corrected chi connectivity index (χ3v) is 4.16. The molecule has 1 aromatic carbocycles. The van der Waals surface area contributed by atoms with E-state index in [4.69, 9.17) is 21.8 Å². The topological polar surface area (TPSA) is 56.2 Å². The van der Waals surface area contributed by atoms with Crippen LogP contribution in [0.15, 0.2) is 47.1 Å². The average molecular weight is 296 g/mol. The molecule has 1 atom stereocenters. The number of amides is 1. The molecule has 0 aliphatic carbocycles. The number of rotatable bonds is 6. The largest absolute Gasteiger partial charge is 0.468 e. The Morgan fingerprint density at radius 3 is 2.63 bits per heavy atom. The molecule has 5 heteroatoms. The Morgan fingerprint density at radius 1 is 1.32 bits per heavy atom. The molecule has 1 heterocycles. The molecule has 3 nitrogen and oxygen atoms in total. The monoisotopic (exact) mass is 295 g/mol. The molecular formula is C14H14ClNO2S. The highest BCUT2D eigenvalue weighted by Gasteiger charge is 2.17. The first-order valence-electron chi connectivity index (χ1n) is 5.83. The van der Waals surface area contributed by atoms with Crippen molar-refractivity contribution in [2.45, 2.75) is 17.4 Å². The van der Waals surface area contributed by atoms with Gasteiger partial charge >= 0.3 is 0 Å². The molecule has 2 N–H and O–H groups in total. The Morgan fingerprint density at radius 2 is 2.05 bits per heavy atom. The minimum atomic E-state index is -0.313. The van der Waals surface area contributed by atoms with Crippen molar-refractivity contribution in [1.82, 2.24) is 0 Å². The number of furan rings is 1. The summed E-state index contributed by atoms with van der Waals surface area (Å²) in [6.45, 7) is 0. The van der Waals surface area contributed by atoms with Gasteiger partial charge in [-0.15, -0.1) is 11.8 Å². The fourth-order valence-electron chi connectivity index (χ4n) is 1.65. The lowest BCUT2D eigenvalue weighted by molar-refractivity contribution is -0.117. The lowest BCUT2D eigenvalue weighted by Gasteiger charge is -2.12. The van der Waals surface area contributed by atoms with Crippen molar-refractivity contribution < 1.29 is 9.21 Å². The number of carbonyl (C=O) groups is 1. The van der Waals surface area contributed by atoms with Gasteiger partial charge in [-0.25, -0.2) is 0 Å². The lowest BCUT2D eigenvalue weighted by atomic mass is 10.1. The van der Waals surface area contributed by atoms with E-state index in [1.807, 2.05) is 36.4 Å². The van der Waals surface area contributed by atoms with Gasteiger partial charge in [-0.3, -0.25) is 4.79 Å². The summed E-state index contributed by atoms with van der Waals surface area (Å²) in [6, 6.07) is 11.2. The number of benzene rings is 1. The van der Waals surface area contributed by atoms with Gasteiger partial charge in [-0.2, -0.15) is 0 Å². The molecule has 0 saturated carbocycles. The van der Waals surface area contributed by atoms with Crippen molar-refractivity contribution in [3.63, 3.8) is 0 Å². The number of nitrogens with two attached hydrogens (primary N) is 1. The zero-order valence-electron chi connectivity index (χ0n) is 10.2. The number of thioether (sulfide) groups is 1. The highest BCUT2D eigenvalue weighted by Crippen LogP contribution is 2.22. The van der Waals surface area contributed by atoms with E-state index in [1.54, 1.807) is 6.26 Å². The Hall–Kier alpha value is -1.39. The van der Waals surface area contributed by atoms with Crippen LogP contribution in [0.4, 0.5) is 0 Å². The molecule has 1 amide bonds. The van der Waals surface area contributed by atoms with Gasteiger partial charge in [0, 0.05) is 5.02 Å². The Labute approximate surface area is 121 Å². The van der Waals surface area contributed by atoms with Crippen LogP contribution in [0, 0.1) is 0 Å². The van der Waals surface area contributed by atoms with Crippen LogP contribution in [-0.4, -0.2) is 11.2 Å². The molecule has 0 unspecified atom stereocenters. The van der Waals surface area contributed by atoms with E-state index in [-0.39, 0.29) is 11.2 Å². The molecule has 0 bridgehead atoms. The van der Waals surface area contributed by atoms with Crippen LogP contribution in [0.1, 0.15) is 11.3 Å². The zero-order chi connectivity index (χ0) is 13.7. The van der Waals surface area contributed by atoms with Crippen molar-refractivity contribution in [3.8, 4) is 0 Å². The molecule has 0 radical (unpaired) electrons. The van der Waals surface area contributed by atoms with Gasteiger partial charge in [0.2, 0.25) is 5.91 Å². The van der Waals surface area contributed by atoms with E-state index in [0.717, 1.165) is 11.3 Å². The number of halogens is 1. The van der Waals surface area contributed by atoms with Gasteiger partial charge in [0.05, 0.1) is 17.3 Å². The summed E-state index contributed by atoms with van der Waals surface area (Å²) in [5.74, 6) is 1.16. The van der Waals surface area contributed by atoms with Gasteiger partial charge in [-0.1, -0.05) is 23.7 Å². The molecular weight excluding hydrogens is 282 g/mol. The summed E-state index contributed by atoms with van der Waals surface area (Å²) < 4.78 is 5.24. The van der Waals surface area contributed by atoms with Crippen molar-refractivity contribution in [3.05, 3.63) is 59.0 Å². The van der Waals surface area contributed by atoms with Crippen LogP contribution in [-0.2, 0) is 17.0 Å². The molecule has 0 spiro atoms. The summed E-state index contributed by atoms with van der Waals surface area (Å²) in [7, 11) is 0. The van der Waals surface area contributed by atoms with Gasteiger partial charge in [0.25, 0.3) is 0 Å². The second kappa shape index (κ2) is 6.68. The van der Waals surface area contributed by atoms with Gasteiger partial charge in [0.15, 0.2) is 0 Å². The minimum Gasteiger partial charge on any atom is -0.468 e. The molecule has 19 heavy (non-hydrogen) atoms. The predicted molar refractivity (Wildman–Crippen MR) is 78.1 cm³/mol. The molecule has 2 aromatic rings. The normalized spacial score (nSPS) is 12.3. The lowest BCUT2D eigenvalue weighted by Crippen LogP contribution is -2.27. The molecule has 0 aliphatic rings. The Balaban J connectivity index is 1.96. The van der Waals surface area contributed by atoms with E-state index in [0.29, 0.717) is 17.2 Å². The predicted octanol–water partition coefficient (Wildman–Crippen LogP) is 3.26. The van der Waals surface area contributed by atoms with Crippen molar-refractivity contribution in [1.29, 1.82) is 0 Å². The van der Waals surface area contributed by atoms with E-state index in [1.165, 1.54) is 11.8 Å². The van der Waals surface area contributed by atoms with E-state index in [2.05, 4.69) is 0 Å². The van der Waals surface area contributed by atoms with Crippen LogP contribution in [0.25, 0.3) is 0 Å². The maximum atomic E-state index is 11.5. The van der Waals surface area contributed by atoms with Crippen LogP contribution < -0.4 is 5.73 Å². The van der Waals surface area contributed by atoms with Crippen molar-refractivity contribution >= 4 is 29.3 Å². The minimum absolute atomic E-state index is 0.272. The molecule has 0 fully saturated rings. The number of hydrogen-bond donors (Lipinski definition) is 1. The van der Waals surface area contributed by atoms with Crippen molar-refractivity contribution in [2.24, 2.45) is 5.73 Å². The van der Waals surface area contributed by atoms with Crippen molar-refractivity contribution in [2.75, 3.05) is 0 Å². The first kappa shape index (κ1) is 14.0. The van der Waals surface area contributed by atoms with E-state index in [9.17, 15) is 4.79 Å². The fraction of sp³-hybridized carbons (Fsp3) is 0.214. The molecule has 100 valence electrons. The van der Waals surface area contributed by atoms with E-state index >= 15 is 0 Å². The smallest absolute Gasteiger partial charge is 0.230 e. The fourth-order valence-corrected chi connectivity index (χ4v) is 2.78. The molecule has 2 rings (SSSR count). The summed E-state index contributed by atoms with van der Waals surface area (Å²) in [4.78, 5) is 11.5. The van der Waals surface area contributed by atoms with E-state index < -0.39 is 0 Å². The van der Waals surface area contributed by atoms with Gasteiger partial charge < -0.3 is 10.2 Å². The highest BCUT2D eigenvalue weighted by molar-refractivity contribution is 7.99. The summed E-state index contributed by atoms with van der Waals surface area (Å²) in [5, 5.41) is 0.411. The van der Waals surface area contributed by atoms with Gasteiger partial charge in [-0.05, 0) is 36.2 Å². The standard InChI is InChI=1S/C14H14ClNO2S/c15-11-5-3-10(4-6-11)8-13(14(16)17)19-9-12-2-1-7-18-12/h1-7,13H,8-9H2,(H2,16,17)/t13-/m1/s1.